The zero-order valence-corrected chi connectivity index (χ0v) is 7.27. The van der Waals surface area contributed by atoms with Gasteiger partial charge in [0.15, 0.2) is 11.6 Å². The van der Waals surface area contributed by atoms with Crippen molar-refractivity contribution in [3.63, 3.8) is 0 Å². The lowest BCUT2D eigenvalue weighted by atomic mass is 9.98. The summed E-state index contributed by atoms with van der Waals surface area (Å²) >= 11 is 0. The van der Waals surface area contributed by atoms with Crippen LogP contribution in [-0.2, 0) is 0 Å². The van der Waals surface area contributed by atoms with E-state index in [0.29, 0.717) is 5.56 Å². The number of rotatable bonds is 2. The molecule has 0 saturated carbocycles. The molecule has 0 aliphatic rings. The number of benzene rings is 1. The standard InChI is InChI=1S/C10H12F2/c1-3-7(2)8-5-4-6-9(11)10(8)12/h4-7H,3H2,1-2H3/t7-/m1/s1. The highest BCUT2D eigenvalue weighted by atomic mass is 19.2. The van der Waals surface area contributed by atoms with Crippen LogP contribution in [0.3, 0.4) is 0 Å². The monoisotopic (exact) mass is 170 g/mol. The van der Waals surface area contributed by atoms with E-state index < -0.39 is 11.6 Å². The molecule has 0 bridgehead atoms. The van der Waals surface area contributed by atoms with Gasteiger partial charge in [-0.05, 0) is 24.0 Å². The number of halogens is 2. The summed E-state index contributed by atoms with van der Waals surface area (Å²) in [4.78, 5) is 0. The average molecular weight is 170 g/mol. The zero-order chi connectivity index (χ0) is 9.14. The van der Waals surface area contributed by atoms with Crippen molar-refractivity contribution in [3.05, 3.63) is 35.4 Å². The molecule has 12 heavy (non-hydrogen) atoms. The van der Waals surface area contributed by atoms with Gasteiger partial charge in [-0.2, -0.15) is 0 Å². The third-order valence-electron chi connectivity index (χ3n) is 2.12. The van der Waals surface area contributed by atoms with E-state index in [4.69, 9.17) is 0 Å². The fourth-order valence-electron chi connectivity index (χ4n) is 1.12. The van der Waals surface area contributed by atoms with Gasteiger partial charge in [0.2, 0.25) is 0 Å². The van der Waals surface area contributed by atoms with Crippen LogP contribution in [-0.4, -0.2) is 0 Å². The van der Waals surface area contributed by atoms with E-state index in [1.807, 2.05) is 13.8 Å². The molecule has 0 saturated heterocycles. The maximum Gasteiger partial charge on any atom is 0.162 e. The minimum atomic E-state index is -0.757. The minimum Gasteiger partial charge on any atom is -0.204 e. The summed E-state index contributed by atoms with van der Waals surface area (Å²) in [5.41, 5.74) is 0.470. The summed E-state index contributed by atoms with van der Waals surface area (Å²) in [6, 6.07) is 4.31. The van der Waals surface area contributed by atoms with Crippen molar-refractivity contribution in [2.45, 2.75) is 26.2 Å². The number of hydrogen-bond acceptors (Lipinski definition) is 0. The first-order chi connectivity index (χ1) is 5.66. The molecule has 1 atom stereocenters. The topological polar surface area (TPSA) is 0 Å². The Morgan fingerprint density at radius 3 is 2.58 bits per heavy atom. The summed E-state index contributed by atoms with van der Waals surface area (Å²) in [5, 5.41) is 0. The first-order valence-corrected chi connectivity index (χ1v) is 4.10. The maximum absolute atomic E-state index is 13.1. The van der Waals surface area contributed by atoms with E-state index >= 15 is 0 Å². The molecule has 0 unspecified atom stereocenters. The van der Waals surface area contributed by atoms with E-state index in [-0.39, 0.29) is 5.92 Å². The van der Waals surface area contributed by atoms with Crippen LogP contribution in [0, 0.1) is 11.6 Å². The molecule has 1 aromatic rings. The van der Waals surface area contributed by atoms with E-state index in [9.17, 15) is 8.78 Å². The molecule has 0 aliphatic carbocycles. The normalized spacial score (nSPS) is 13.0. The molecule has 66 valence electrons. The Labute approximate surface area is 71.2 Å². The first kappa shape index (κ1) is 9.17. The minimum absolute atomic E-state index is 0.0840. The second-order valence-corrected chi connectivity index (χ2v) is 2.95. The quantitative estimate of drug-likeness (QED) is 0.637. The molecule has 0 nitrogen and oxygen atoms in total. The molecule has 0 N–H and O–H groups in total. The molecule has 0 fully saturated rings. The lowest BCUT2D eigenvalue weighted by Crippen LogP contribution is -1.97. The SMILES string of the molecule is CC[C@@H](C)c1cccc(F)c1F. The molecular weight excluding hydrogens is 158 g/mol. The van der Waals surface area contributed by atoms with Crippen LogP contribution in [0.2, 0.25) is 0 Å². The molecule has 0 spiro atoms. The van der Waals surface area contributed by atoms with Gasteiger partial charge >= 0.3 is 0 Å². The van der Waals surface area contributed by atoms with E-state index in [1.165, 1.54) is 0 Å². The Kier molecular flexibility index (Phi) is 2.79. The molecule has 0 radical (unpaired) electrons. The van der Waals surface area contributed by atoms with Crippen molar-refractivity contribution in [2.75, 3.05) is 0 Å². The van der Waals surface area contributed by atoms with Gasteiger partial charge in [-0.25, -0.2) is 8.78 Å². The second kappa shape index (κ2) is 3.65. The summed E-state index contributed by atoms with van der Waals surface area (Å²) in [7, 11) is 0. The van der Waals surface area contributed by atoms with Gasteiger partial charge in [0.25, 0.3) is 0 Å². The fourth-order valence-corrected chi connectivity index (χ4v) is 1.12. The van der Waals surface area contributed by atoms with Crippen LogP contribution in [0.5, 0.6) is 0 Å². The van der Waals surface area contributed by atoms with E-state index in [1.54, 1.807) is 12.1 Å². The van der Waals surface area contributed by atoms with Gasteiger partial charge < -0.3 is 0 Å². The van der Waals surface area contributed by atoms with Crippen molar-refractivity contribution < 1.29 is 8.78 Å². The van der Waals surface area contributed by atoms with Crippen LogP contribution in [0.1, 0.15) is 31.7 Å². The highest BCUT2D eigenvalue weighted by molar-refractivity contribution is 5.22. The lowest BCUT2D eigenvalue weighted by Gasteiger charge is -2.09. The molecular formula is C10H12F2. The first-order valence-electron chi connectivity index (χ1n) is 4.10. The third-order valence-corrected chi connectivity index (χ3v) is 2.12. The van der Waals surface area contributed by atoms with E-state index in [0.717, 1.165) is 12.5 Å². The summed E-state index contributed by atoms with van der Waals surface area (Å²) in [6.07, 6.45) is 0.820. The maximum atomic E-state index is 13.1. The van der Waals surface area contributed by atoms with Gasteiger partial charge in [0, 0.05) is 0 Å². The van der Waals surface area contributed by atoms with Crippen molar-refractivity contribution in [1.82, 2.24) is 0 Å². The highest BCUT2D eigenvalue weighted by Gasteiger charge is 2.11. The fraction of sp³-hybridized carbons (Fsp3) is 0.400. The van der Waals surface area contributed by atoms with Crippen molar-refractivity contribution in [3.8, 4) is 0 Å². The Balaban J connectivity index is 3.07. The summed E-state index contributed by atoms with van der Waals surface area (Å²) in [6.45, 7) is 3.84. The smallest absolute Gasteiger partial charge is 0.162 e. The van der Waals surface area contributed by atoms with E-state index in [2.05, 4.69) is 0 Å². The predicted molar refractivity (Wildman–Crippen MR) is 45.1 cm³/mol. The Morgan fingerprint density at radius 1 is 1.33 bits per heavy atom. The molecule has 1 aromatic carbocycles. The number of hydrogen-bond donors (Lipinski definition) is 0. The average Bonchev–Trinajstić information content (AvgIpc) is 2.08. The third kappa shape index (κ3) is 1.63. The summed E-state index contributed by atoms with van der Waals surface area (Å²) in [5.74, 6) is -1.37. The Hall–Kier alpha value is -0.920. The molecule has 0 heterocycles. The van der Waals surface area contributed by atoms with Crippen molar-refractivity contribution in [2.24, 2.45) is 0 Å². The molecule has 1 rings (SSSR count). The zero-order valence-electron chi connectivity index (χ0n) is 7.27. The van der Waals surface area contributed by atoms with Gasteiger partial charge in [-0.15, -0.1) is 0 Å². The van der Waals surface area contributed by atoms with Crippen LogP contribution in [0.25, 0.3) is 0 Å². The van der Waals surface area contributed by atoms with Gasteiger partial charge in [0.1, 0.15) is 0 Å². The Bertz CT molecular complexity index is 269. The van der Waals surface area contributed by atoms with Gasteiger partial charge in [-0.1, -0.05) is 26.0 Å². The van der Waals surface area contributed by atoms with Crippen molar-refractivity contribution in [1.29, 1.82) is 0 Å². The predicted octanol–water partition coefficient (Wildman–Crippen LogP) is 3.48. The molecule has 2 heteroatoms. The Morgan fingerprint density at radius 2 is 2.00 bits per heavy atom. The van der Waals surface area contributed by atoms with Crippen molar-refractivity contribution >= 4 is 0 Å². The molecule has 0 aliphatic heterocycles. The highest BCUT2D eigenvalue weighted by Crippen LogP contribution is 2.22. The largest absolute Gasteiger partial charge is 0.204 e. The van der Waals surface area contributed by atoms with Crippen LogP contribution >= 0.6 is 0 Å². The van der Waals surface area contributed by atoms with Crippen LogP contribution in [0.4, 0.5) is 8.78 Å². The molecule has 0 aromatic heterocycles. The second-order valence-electron chi connectivity index (χ2n) is 2.95. The van der Waals surface area contributed by atoms with Crippen LogP contribution < -0.4 is 0 Å². The summed E-state index contributed by atoms with van der Waals surface area (Å²) < 4.78 is 25.8. The van der Waals surface area contributed by atoms with Gasteiger partial charge in [-0.3, -0.25) is 0 Å². The van der Waals surface area contributed by atoms with Gasteiger partial charge in [0.05, 0.1) is 0 Å². The molecule has 0 amide bonds. The van der Waals surface area contributed by atoms with Crippen LogP contribution in [0.15, 0.2) is 18.2 Å². The lowest BCUT2D eigenvalue weighted by molar-refractivity contribution is 0.489.